The molecular formula is C8H17ClO. The van der Waals surface area contributed by atoms with Crippen LogP contribution in [0, 0.1) is 5.41 Å². The highest BCUT2D eigenvalue weighted by Crippen LogP contribution is 2.26. The molecular weight excluding hydrogens is 148 g/mol. The van der Waals surface area contributed by atoms with E-state index in [1.165, 1.54) is 0 Å². The van der Waals surface area contributed by atoms with Gasteiger partial charge in [0.2, 0.25) is 0 Å². The van der Waals surface area contributed by atoms with E-state index in [0.717, 1.165) is 12.8 Å². The Bertz CT molecular complexity index is 89.3. The first-order valence-electron chi connectivity index (χ1n) is 3.72. The molecule has 1 atom stereocenters. The van der Waals surface area contributed by atoms with Crippen molar-refractivity contribution in [3.63, 3.8) is 0 Å². The summed E-state index contributed by atoms with van der Waals surface area (Å²) in [5.74, 6) is 0.680. The minimum absolute atomic E-state index is 0.190. The molecule has 0 aromatic carbocycles. The molecule has 1 nitrogen and oxygen atoms in total. The van der Waals surface area contributed by atoms with Crippen molar-refractivity contribution in [2.45, 2.75) is 39.7 Å². The number of aliphatic hydroxyl groups is 1. The molecule has 0 aromatic rings. The van der Waals surface area contributed by atoms with Crippen LogP contribution in [0.2, 0.25) is 0 Å². The summed E-state index contributed by atoms with van der Waals surface area (Å²) in [6.07, 6.45) is 1.59. The molecule has 0 radical (unpaired) electrons. The SMILES string of the molecule is CC(O)CC(C)(C)CCCl. The maximum absolute atomic E-state index is 9.07. The van der Waals surface area contributed by atoms with Gasteiger partial charge in [0, 0.05) is 5.88 Å². The van der Waals surface area contributed by atoms with Crippen LogP contribution in [-0.2, 0) is 0 Å². The fourth-order valence-corrected chi connectivity index (χ4v) is 1.67. The molecule has 1 unspecified atom stereocenters. The molecule has 0 spiro atoms. The quantitative estimate of drug-likeness (QED) is 0.633. The Morgan fingerprint density at radius 3 is 2.30 bits per heavy atom. The topological polar surface area (TPSA) is 20.2 Å². The van der Waals surface area contributed by atoms with Crippen molar-refractivity contribution in [2.75, 3.05) is 5.88 Å². The first-order valence-corrected chi connectivity index (χ1v) is 4.25. The zero-order valence-electron chi connectivity index (χ0n) is 7.02. The fourth-order valence-electron chi connectivity index (χ4n) is 1.16. The first-order chi connectivity index (χ1) is 4.48. The average molecular weight is 165 g/mol. The van der Waals surface area contributed by atoms with Crippen molar-refractivity contribution >= 4 is 11.6 Å². The van der Waals surface area contributed by atoms with Gasteiger partial charge < -0.3 is 5.11 Å². The molecule has 0 rings (SSSR count). The second-order valence-corrected chi connectivity index (χ2v) is 4.03. The molecule has 0 aliphatic rings. The second-order valence-electron chi connectivity index (χ2n) is 3.66. The predicted octanol–water partition coefficient (Wildman–Crippen LogP) is 2.41. The summed E-state index contributed by atoms with van der Waals surface area (Å²) in [4.78, 5) is 0. The van der Waals surface area contributed by atoms with E-state index < -0.39 is 0 Å². The highest BCUT2D eigenvalue weighted by molar-refractivity contribution is 6.17. The van der Waals surface area contributed by atoms with Crippen molar-refractivity contribution in [3.8, 4) is 0 Å². The molecule has 10 heavy (non-hydrogen) atoms. The third kappa shape index (κ3) is 5.07. The summed E-state index contributed by atoms with van der Waals surface area (Å²) < 4.78 is 0. The van der Waals surface area contributed by atoms with Gasteiger partial charge >= 0.3 is 0 Å². The van der Waals surface area contributed by atoms with Crippen molar-refractivity contribution in [1.82, 2.24) is 0 Å². The van der Waals surface area contributed by atoms with Gasteiger partial charge in [-0.1, -0.05) is 13.8 Å². The van der Waals surface area contributed by atoms with Crippen molar-refractivity contribution in [2.24, 2.45) is 5.41 Å². The molecule has 0 amide bonds. The van der Waals surface area contributed by atoms with Crippen LogP contribution in [0.4, 0.5) is 0 Å². The van der Waals surface area contributed by atoms with Crippen molar-refractivity contribution in [1.29, 1.82) is 0 Å². The summed E-state index contributed by atoms with van der Waals surface area (Å²) in [5.41, 5.74) is 0.190. The number of hydrogen-bond acceptors (Lipinski definition) is 1. The maximum Gasteiger partial charge on any atom is 0.0517 e. The molecule has 0 saturated carbocycles. The van der Waals surface area contributed by atoms with Gasteiger partial charge in [0.15, 0.2) is 0 Å². The monoisotopic (exact) mass is 164 g/mol. The van der Waals surface area contributed by atoms with Crippen molar-refractivity contribution in [3.05, 3.63) is 0 Å². The van der Waals surface area contributed by atoms with Crippen LogP contribution in [-0.4, -0.2) is 17.1 Å². The van der Waals surface area contributed by atoms with Gasteiger partial charge in [0.1, 0.15) is 0 Å². The van der Waals surface area contributed by atoms with Crippen LogP contribution in [0.5, 0.6) is 0 Å². The molecule has 2 heteroatoms. The van der Waals surface area contributed by atoms with Gasteiger partial charge in [-0.05, 0) is 25.2 Å². The highest BCUT2D eigenvalue weighted by Gasteiger charge is 2.18. The summed E-state index contributed by atoms with van der Waals surface area (Å²) >= 11 is 5.59. The lowest BCUT2D eigenvalue weighted by Crippen LogP contribution is -2.18. The minimum Gasteiger partial charge on any atom is -0.393 e. The Balaban J connectivity index is 3.63. The smallest absolute Gasteiger partial charge is 0.0517 e. The normalized spacial score (nSPS) is 15.3. The van der Waals surface area contributed by atoms with Crippen LogP contribution in [0.25, 0.3) is 0 Å². The molecule has 0 aliphatic heterocycles. The molecule has 0 heterocycles. The Morgan fingerprint density at radius 1 is 1.50 bits per heavy atom. The lowest BCUT2D eigenvalue weighted by molar-refractivity contribution is 0.128. The van der Waals surface area contributed by atoms with Gasteiger partial charge in [-0.2, -0.15) is 0 Å². The van der Waals surface area contributed by atoms with Crippen LogP contribution >= 0.6 is 11.6 Å². The van der Waals surface area contributed by atoms with Gasteiger partial charge in [0.05, 0.1) is 6.10 Å². The largest absolute Gasteiger partial charge is 0.393 e. The van der Waals surface area contributed by atoms with Gasteiger partial charge in [0.25, 0.3) is 0 Å². The Kier molecular flexibility index (Phi) is 4.30. The highest BCUT2D eigenvalue weighted by atomic mass is 35.5. The maximum atomic E-state index is 9.07. The number of halogens is 1. The van der Waals surface area contributed by atoms with E-state index in [4.69, 9.17) is 16.7 Å². The Morgan fingerprint density at radius 2 is 2.00 bits per heavy atom. The summed E-state index contributed by atoms with van der Waals surface area (Å²) in [5, 5.41) is 9.07. The second kappa shape index (κ2) is 4.20. The average Bonchev–Trinajstić information content (AvgIpc) is 1.59. The van der Waals surface area contributed by atoms with Crippen molar-refractivity contribution < 1.29 is 5.11 Å². The number of hydrogen-bond donors (Lipinski definition) is 1. The van der Waals surface area contributed by atoms with Crippen LogP contribution in [0.15, 0.2) is 0 Å². The minimum atomic E-state index is -0.210. The standard InChI is InChI=1S/C8H17ClO/c1-7(10)6-8(2,3)4-5-9/h7,10H,4-6H2,1-3H3. The van der Waals surface area contributed by atoms with E-state index in [1.807, 2.05) is 6.92 Å². The fraction of sp³-hybridized carbons (Fsp3) is 1.00. The van der Waals surface area contributed by atoms with Gasteiger partial charge in [-0.25, -0.2) is 0 Å². The third-order valence-electron chi connectivity index (χ3n) is 1.62. The predicted molar refractivity (Wildman–Crippen MR) is 45.4 cm³/mol. The number of aliphatic hydroxyl groups excluding tert-OH is 1. The summed E-state index contributed by atoms with van der Waals surface area (Å²) in [6.45, 7) is 6.07. The van der Waals surface area contributed by atoms with E-state index in [2.05, 4.69) is 13.8 Å². The zero-order chi connectivity index (χ0) is 8.20. The molecule has 1 N–H and O–H groups in total. The molecule has 0 bridgehead atoms. The van der Waals surface area contributed by atoms with E-state index >= 15 is 0 Å². The van der Waals surface area contributed by atoms with Gasteiger partial charge in [-0.15, -0.1) is 11.6 Å². The first kappa shape index (κ1) is 10.2. The molecule has 0 aliphatic carbocycles. The Labute approximate surface area is 68.4 Å². The van der Waals surface area contributed by atoms with Crippen LogP contribution < -0.4 is 0 Å². The lowest BCUT2D eigenvalue weighted by Gasteiger charge is -2.24. The lowest BCUT2D eigenvalue weighted by atomic mass is 9.84. The Hall–Kier alpha value is 0.250. The summed E-state index contributed by atoms with van der Waals surface area (Å²) in [7, 11) is 0. The summed E-state index contributed by atoms with van der Waals surface area (Å²) in [6, 6.07) is 0. The number of alkyl halides is 1. The molecule has 0 saturated heterocycles. The molecule has 0 fully saturated rings. The van der Waals surface area contributed by atoms with E-state index in [-0.39, 0.29) is 11.5 Å². The van der Waals surface area contributed by atoms with Gasteiger partial charge in [-0.3, -0.25) is 0 Å². The van der Waals surface area contributed by atoms with E-state index in [9.17, 15) is 0 Å². The number of rotatable bonds is 4. The van der Waals surface area contributed by atoms with E-state index in [0.29, 0.717) is 5.88 Å². The van der Waals surface area contributed by atoms with Crippen LogP contribution in [0.3, 0.4) is 0 Å². The third-order valence-corrected chi connectivity index (χ3v) is 1.81. The van der Waals surface area contributed by atoms with Crippen LogP contribution in [0.1, 0.15) is 33.6 Å². The molecule has 62 valence electrons. The van der Waals surface area contributed by atoms with E-state index in [1.54, 1.807) is 0 Å². The molecule has 0 aromatic heterocycles. The zero-order valence-corrected chi connectivity index (χ0v) is 7.78.